The van der Waals surface area contributed by atoms with Crippen molar-refractivity contribution in [1.29, 1.82) is 0 Å². The molecule has 0 saturated carbocycles. The molecule has 1 atom stereocenters. The summed E-state index contributed by atoms with van der Waals surface area (Å²) < 4.78 is 32.7. The van der Waals surface area contributed by atoms with E-state index in [9.17, 15) is 8.42 Å². The summed E-state index contributed by atoms with van der Waals surface area (Å²) in [7, 11) is -1.91. The highest BCUT2D eigenvalue weighted by atomic mass is 79.9. The van der Waals surface area contributed by atoms with E-state index in [1.807, 2.05) is 0 Å². The SMILES string of the molecule is COc1ccc(S(=O)(=O)NCCC2CCNC2)cc1Br.Cl. The van der Waals surface area contributed by atoms with Crippen molar-refractivity contribution in [2.24, 2.45) is 5.92 Å². The zero-order chi connectivity index (χ0) is 14.6. The summed E-state index contributed by atoms with van der Waals surface area (Å²) in [6.45, 7) is 2.48. The van der Waals surface area contributed by atoms with Gasteiger partial charge >= 0.3 is 0 Å². The lowest BCUT2D eigenvalue weighted by Gasteiger charge is -2.11. The van der Waals surface area contributed by atoms with Crippen molar-refractivity contribution in [1.82, 2.24) is 10.0 Å². The van der Waals surface area contributed by atoms with Gasteiger partial charge in [-0.25, -0.2) is 13.1 Å². The van der Waals surface area contributed by atoms with Crippen molar-refractivity contribution >= 4 is 38.4 Å². The van der Waals surface area contributed by atoms with Gasteiger partial charge in [0.05, 0.1) is 16.5 Å². The molecule has 8 heteroatoms. The fourth-order valence-corrected chi connectivity index (χ4v) is 4.02. The van der Waals surface area contributed by atoms with Crippen LogP contribution in [0.2, 0.25) is 0 Å². The lowest BCUT2D eigenvalue weighted by Crippen LogP contribution is -2.26. The average Bonchev–Trinajstić information content (AvgIpc) is 2.91. The molecule has 0 spiro atoms. The number of sulfonamides is 1. The molecule has 1 aromatic carbocycles. The smallest absolute Gasteiger partial charge is 0.240 e. The molecule has 2 N–H and O–H groups in total. The van der Waals surface area contributed by atoms with Crippen molar-refractivity contribution in [3.8, 4) is 5.75 Å². The molecule has 1 aromatic rings. The Bertz CT molecular complexity index is 563. The summed E-state index contributed by atoms with van der Waals surface area (Å²) in [6.07, 6.45) is 1.99. The number of nitrogens with one attached hydrogen (secondary N) is 2. The molecule has 1 saturated heterocycles. The van der Waals surface area contributed by atoms with Gasteiger partial charge in [0, 0.05) is 6.54 Å². The highest BCUT2D eigenvalue weighted by molar-refractivity contribution is 9.10. The van der Waals surface area contributed by atoms with Crippen LogP contribution in [0.4, 0.5) is 0 Å². The Morgan fingerprint density at radius 1 is 1.48 bits per heavy atom. The van der Waals surface area contributed by atoms with E-state index in [2.05, 4.69) is 26.0 Å². The van der Waals surface area contributed by atoms with E-state index in [0.717, 1.165) is 25.9 Å². The van der Waals surface area contributed by atoms with Gasteiger partial charge in [-0.3, -0.25) is 0 Å². The van der Waals surface area contributed by atoms with Crippen molar-refractivity contribution < 1.29 is 13.2 Å². The van der Waals surface area contributed by atoms with E-state index >= 15 is 0 Å². The summed E-state index contributed by atoms with van der Waals surface area (Å²) in [6, 6.07) is 4.74. The quantitative estimate of drug-likeness (QED) is 0.769. The van der Waals surface area contributed by atoms with Gasteiger partial charge in [0.2, 0.25) is 10.0 Å². The molecule has 0 bridgehead atoms. The topological polar surface area (TPSA) is 67.4 Å². The minimum absolute atomic E-state index is 0. The third-order valence-corrected chi connectivity index (χ3v) is 5.52. The van der Waals surface area contributed by atoms with Crippen LogP contribution in [0.25, 0.3) is 0 Å². The molecule has 0 radical (unpaired) electrons. The van der Waals surface area contributed by atoms with Crippen molar-refractivity contribution in [3.05, 3.63) is 22.7 Å². The van der Waals surface area contributed by atoms with Gasteiger partial charge < -0.3 is 10.1 Å². The van der Waals surface area contributed by atoms with Crippen LogP contribution >= 0.6 is 28.3 Å². The molecule has 1 aliphatic heterocycles. The molecule has 1 aliphatic rings. The molecule has 1 heterocycles. The number of rotatable bonds is 6. The van der Waals surface area contributed by atoms with E-state index in [0.29, 0.717) is 22.7 Å². The van der Waals surface area contributed by atoms with Crippen molar-refractivity contribution in [2.45, 2.75) is 17.7 Å². The van der Waals surface area contributed by atoms with E-state index in [1.165, 1.54) is 0 Å². The van der Waals surface area contributed by atoms with Crippen LogP contribution in [0.1, 0.15) is 12.8 Å². The van der Waals surface area contributed by atoms with Crippen LogP contribution in [0.3, 0.4) is 0 Å². The molecule has 1 fully saturated rings. The maximum absolute atomic E-state index is 12.2. The number of halogens is 2. The molecule has 0 aromatic heterocycles. The lowest BCUT2D eigenvalue weighted by molar-refractivity contribution is 0.411. The summed E-state index contributed by atoms with van der Waals surface area (Å²) in [5.74, 6) is 1.18. The molecule has 120 valence electrons. The number of methoxy groups -OCH3 is 1. The first kappa shape index (κ1) is 18.7. The fraction of sp³-hybridized carbons (Fsp3) is 0.538. The second kappa shape index (κ2) is 8.33. The molecule has 2 rings (SSSR count). The summed E-state index contributed by atoms with van der Waals surface area (Å²) in [5.41, 5.74) is 0. The van der Waals surface area contributed by atoms with E-state index in [1.54, 1.807) is 25.3 Å². The van der Waals surface area contributed by atoms with Crippen LogP contribution in [-0.4, -0.2) is 35.2 Å². The molecule has 1 unspecified atom stereocenters. The first-order chi connectivity index (χ1) is 9.53. The first-order valence-corrected chi connectivity index (χ1v) is 8.84. The third-order valence-electron chi connectivity index (χ3n) is 3.44. The van der Waals surface area contributed by atoms with E-state index in [-0.39, 0.29) is 17.3 Å². The maximum atomic E-state index is 12.2. The van der Waals surface area contributed by atoms with Gasteiger partial charge in [0.25, 0.3) is 0 Å². The average molecular weight is 400 g/mol. The van der Waals surface area contributed by atoms with Gasteiger partial charge in [-0.15, -0.1) is 12.4 Å². The Hall–Kier alpha value is -0.340. The second-order valence-electron chi connectivity index (χ2n) is 4.84. The molecule has 5 nitrogen and oxygen atoms in total. The largest absolute Gasteiger partial charge is 0.496 e. The molecule has 0 amide bonds. The Morgan fingerprint density at radius 3 is 2.81 bits per heavy atom. The van der Waals surface area contributed by atoms with Gasteiger partial charge in [-0.1, -0.05) is 0 Å². The monoisotopic (exact) mass is 398 g/mol. The number of hydrogen-bond acceptors (Lipinski definition) is 4. The first-order valence-electron chi connectivity index (χ1n) is 6.57. The zero-order valence-corrected chi connectivity index (χ0v) is 15.0. The van der Waals surface area contributed by atoms with Crippen LogP contribution < -0.4 is 14.8 Å². The normalized spacial score (nSPS) is 18.3. The fourth-order valence-electron chi connectivity index (χ4n) is 2.26. The molecular weight excluding hydrogens is 380 g/mol. The predicted octanol–water partition coefficient (Wildman–Crippen LogP) is 2.16. The number of benzene rings is 1. The van der Waals surface area contributed by atoms with Crippen LogP contribution in [0.5, 0.6) is 5.75 Å². The van der Waals surface area contributed by atoms with Gasteiger partial charge in [-0.05, 0) is 66.0 Å². The molecule has 0 aliphatic carbocycles. The predicted molar refractivity (Wildman–Crippen MR) is 88.7 cm³/mol. The van der Waals surface area contributed by atoms with E-state index in [4.69, 9.17) is 4.74 Å². The number of ether oxygens (including phenoxy) is 1. The van der Waals surface area contributed by atoms with E-state index < -0.39 is 10.0 Å². The molecule has 21 heavy (non-hydrogen) atoms. The van der Waals surface area contributed by atoms with Crippen LogP contribution in [0.15, 0.2) is 27.6 Å². The highest BCUT2D eigenvalue weighted by Crippen LogP contribution is 2.27. The summed E-state index contributed by atoms with van der Waals surface area (Å²) in [4.78, 5) is 0.245. The highest BCUT2D eigenvalue weighted by Gasteiger charge is 2.18. The summed E-state index contributed by atoms with van der Waals surface area (Å²) in [5, 5.41) is 3.27. The Kier molecular flexibility index (Phi) is 7.42. The van der Waals surface area contributed by atoms with Crippen molar-refractivity contribution in [3.63, 3.8) is 0 Å². The minimum atomic E-state index is -3.46. The standard InChI is InChI=1S/C13H19BrN2O3S.ClH/c1-19-13-3-2-11(8-12(13)14)20(17,18)16-7-5-10-4-6-15-9-10;/h2-3,8,10,15-16H,4-7,9H2,1H3;1H. The van der Waals surface area contributed by atoms with Gasteiger partial charge in [-0.2, -0.15) is 0 Å². The van der Waals surface area contributed by atoms with Crippen LogP contribution in [-0.2, 0) is 10.0 Å². The lowest BCUT2D eigenvalue weighted by atomic mass is 10.1. The third kappa shape index (κ3) is 5.10. The Balaban J connectivity index is 0.00000220. The summed E-state index contributed by atoms with van der Waals surface area (Å²) >= 11 is 3.30. The zero-order valence-electron chi connectivity index (χ0n) is 11.8. The van der Waals surface area contributed by atoms with Crippen LogP contribution in [0, 0.1) is 5.92 Å². The van der Waals surface area contributed by atoms with Crippen molar-refractivity contribution in [2.75, 3.05) is 26.7 Å². The Morgan fingerprint density at radius 2 is 2.24 bits per heavy atom. The van der Waals surface area contributed by atoms with Gasteiger partial charge in [0.15, 0.2) is 0 Å². The van der Waals surface area contributed by atoms with Gasteiger partial charge in [0.1, 0.15) is 5.75 Å². The Labute approximate surface area is 140 Å². The maximum Gasteiger partial charge on any atom is 0.240 e. The minimum Gasteiger partial charge on any atom is -0.496 e. The molecular formula is C13H20BrClN2O3S. The second-order valence-corrected chi connectivity index (χ2v) is 7.46. The number of hydrogen-bond donors (Lipinski definition) is 2.